The molecule has 0 aromatic rings. The highest BCUT2D eigenvalue weighted by atomic mass is 31.2. The molecule has 4 atom stereocenters. The number of ether oxygens (including phenoxy) is 3. The van der Waals surface area contributed by atoms with Crippen LogP contribution in [0.1, 0.15) is 142 Å². The van der Waals surface area contributed by atoms with Crippen LogP contribution in [0.5, 0.6) is 0 Å². The van der Waals surface area contributed by atoms with Gasteiger partial charge in [-0.05, 0) is 51.4 Å². The van der Waals surface area contributed by atoms with Gasteiger partial charge in [-0.3, -0.25) is 14.2 Å². The van der Waals surface area contributed by atoms with E-state index in [-0.39, 0.29) is 26.1 Å². The molecule has 1 fully saturated rings. The molecule has 0 N–H and O–H groups in total. The van der Waals surface area contributed by atoms with Crippen molar-refractivity contribution < 1.29 is 46.8 Å². The van der Waals surface area contributed by atoms with Crippen molar-refractivity contribution in [3.63, 3.8) is 0 Å². The minimum Gasteiger partial charge on any atom is -0.756 e. The van der Waals surface area contributed by atoms with Gasteiger partial charge < -0.3 is 32.6 Å². The summed E-state index contributed by atoms with van der Waals surface area (Å²) in [5.74, 6) is -0.942. The highest BCUT2D eigenvalue weighted by Crippen LogP contribution is 2.38. The zero-order chi connectivity index (χ0) is 40.5. The Kier molecular flexibility index (Phi) is 30.2. The van der Waals surface area contributed by atoms with E-state index in [1.54, 1.807) is 0 Å². The van der Waals surface area contributed by atoms with E-state index in [9.17, 15) is 19.0 Å². The molecule has 1 heterocycles. The number of esters is 2. The summed E-state index contributed by atoms with van der Waals surface area (Å²) < 4.78 is 39.4. The van der Waals surface area contributed by atoms with Crippen LogP contribution in [0.25, 0.3) is 0 Å². The Morgan fingerprint density at radius 2 is 1.20 bits per heavy atom. The van der Waals surface area contributed by atoms with E-state index in [1.165, 1.54) is 51.4 Å². The lowest BCUT2D eigenvalue weighted by Crippen LogP contribution is -2.37. The second-order valence-electron chi connectivity index (χ2n) is 15.4. The molecule has 0 aliphatic carbocycles. The van der Waals surface area contributed by atoms with Crippen LogP contribution in [0.3, 0.4) is 0 Å². The summed E-state index contributed by atoms with van der Waals surface area (Å²) in [4.78, 5) is 37.4. The van der Waals surface area contributed by atoms with Crippen LogP contribution in [-0.2, 0) is 37.4 Å². The molecule has 1 rings (SSSR count). The Labute approximate surface area is 334 Å². The predicted octanol–water partition coefficient (Wildman–Crippen LogP) is 10.0. The first-order chi connectivity index (χ1) is 26.5. The summed E-state index contributed by atoms with van der Waals surface area (Å²) in [7, 11) is 1.11. The van der Waals surface area contributed by atoms with Crippen molar-refractivity contribution in [3.8, 4) is 0 Å². The molecular formula is C44H76NO9P. The van der Waals surface area contributed by atoms with Crippen LogP contribution < -0.4 is 4.89 Å². The first-order valence-electron chi connectivity index (χ1n) is 21.1. The van der Waals surface area contributed by atoms with Crippen LogP contribution >= 0.6 is 7.82 Å². The zero-order valence-corrected chi connectivity index (χ0v) is 35.9. The summed E-state index contributed by atoms with van der Waals surface area (Å²) in [6.07, 6.45) is 40.2. The molecule has 0 spiro atoms. The number of hydrogen-bond donors (Lipinski definition) is 0. The largest absolute Gasteiger partial charge is 0.756 e. The minimum absolute atomic E-state index is 0.0480. The van der Waals surface area contributed by atoms with E-state index in [1.807, 2.05) is 33.3 Å². The first-order valence-corrected chi connectivity index (χ1v) is 22.6. The van der Waals surface area contributed by atoms with Gasteiger partial charge in [0.05, 0.1) is 40.0 Å². The highest BCUT2D eigenvalue weighted by molar-refractivity contribution is 7.45. The van der Waals surface area contributed by atoms with Gasteiger partial charge in [0.2, 0.25) is 0 Å². The van der Waals surface area contributed by atoms with E-state index in [0.717, 1.165) is 57.8 Å². The SMILES string of the molecule is CC/C=C\CC1OC1C/C=C\C/C=C\C/C=C\C/C=C\CCC(=O)OC(COC(=O)CCCCCCCCCCCCC)COP(=O)([O-])OCC[N+](C)(C)C. The van der Waals surface area contributed by atoms with Gasteiger partial charge >= 0.3 is 11.9 Å². The number of quaternary nitrogens is 1. The lowest BCUT2D eigenvalue weighted by Gasteiger charge is -2.28. The molecule has 1 aliphatic heterocycles. The maximum atomic E-state index is 12.6. The number of epoxide rings is 1. The smallest absolute Gasteiger partial charge is 0.306 e. The van der Waals surface area contributed by atoms with E-state index in [4.69, 9.17) is 23.3 Å². The zero-order valence-electron chi connectivity index (χ0n) is 35.0. The van der Waals surface area contributed by atoms with Gasteiger partial charge in [-0.2, -0.15) is 0 Å². The number of allylic oxidation sites excluding steroid dienone is 8. The number of likely N-dealkylation sites (N-methyl/N-ethyl adjacent to an activating group) is 1. The van der Waals surface area contributed by atoms with Gasteiger partial charge in [-0.1, -0.05) is 139 Å². The van der Waals surface area contributed by atoms with E-state index < -0.39 is 32.5 Å². The quantitative estimate of drug-likeness (QED) is 0.0152. The van der Waals surface area contributed by atoms with Crippen LogP contribution in [0, 0.1) is 0 Å². The summed E-state index contributed by atoms with van der Waals surface area (Å²) in [6.45, 7) is 3.99. The van der Waals surface area contributed by atoms with Gasteiger partial charge in [0.25, 0.3) is 7.82 Å². The van der Waals surface area contributed by atoms with Gasteiger partial charge in [0.1, 0.15) is 19.8 Å². The van der Waals surface area contributed by atoms with Crippen LogP contribution in [-0.4, -0.2) is 82.2 Å². The molecule has 0 bridgehead atoms. The van der Waals surface area contributed by atoms with E-state index >= 15 is 0 Å². The minimum atomic E-state index is -4.65. The van der Waals surface area contributed by atoms with Crippen molar-refractivity contribution in [3.05, 3.63) is 60.8 Å². The van der Waals surface area contributed by atoms with Crippen molar-refractivity contribution in [2.75, 3.05) is 47.5 Å². The molecule has 11 heteroatoms. The third kappa shape index (κ3) is 33.5. The molecule has 0 amide bonds. The van der Waals surface area contributed by atoms with Gasteiger partial charge in [-0.15, -0.1) is 0 Å². The fourth-order valence-corrected chi connectivity index (χ4v) is 6.27. The Hall–Kier alpha value is -2.33. The Balaban J connectivity index is 2.35. The summed E-state index contributed by atoms with van der Waals surface area (Å²) in [5.41, 5.74) is 0. The van der Waals surface area contributed by atoms with Gasteiger partial charge in [0.15, 0.2) is 6.10 Å². The molecule has 10 nitrogen and oxygen atoms in total. The predicted molar refractivity (Wildman–Crippen MR) is 221 cm³/mol. The lowest BCUT2D eigenvalue weighted by atomic mass is 10.1. The maximum Gasteiger partial charge on any atom is 0.306 e. The van der Waals surface area contributed by atoms with Crippen LogP contribution in [0.15, 0.2) is 60.8 Å². The fraction of sp³-hybridized carbons (Fsp3) is 0.727. The number of rotatable bonds is 36. The molecule has 0 aromatic carbocycles. The lowest BCUT2D eigenvalue weighted by molar-refractivity contribution is -0.870. The second kappa shape index (κ2) is 32.7. The van der Waals surface area contributed by atoms with E-state index in [0.29, 0.717) is 29.7 Å². The molecule has 0 radical (unpaired) electrons. The molecule has 55 heavy (non-hydrogen) atoms. The number of phosphoric ester groups is 1. The summed E-state index contributed by atoms with van der Waals surface area (Å²) in [6, 6.07) is 0. The Morgan fingerprint density at radius 1 is 0.673 bits per heavy atom. The Bertz CT molecular complexity index is 1190. The van der Waals surface area contributed by atoms with Crippen LogP contribution in [0.2, 0.25) is 0 Å². The standard InChI is InChI=1S/C44H76NO9P/c1-6-8-10-11-12-13-16-20-23-26-30-34-43(46)50-38-40(39-52-55(48,49)51-37-36-45(3,4)5)53-44(47)35-31-27-24-21-18-15-14-17-19-22-25-29-33-42-41(54-42)32-28-9-7-2/h9,15,17-19,24-25,27-29,40-42H,6-8,10-14,16,20-23,26,30-39H2,1-5H3/b18-15-,19-17-,27-24-,28-9-,29-25-. The number of carbonyl (C=O) groups is 2. The monoisotopic (exact) mass is 794 g/mol. The molecular weight excluding hydrogens is 717 g/mol. The number of carbonyl (C=O) groups excluding carboxylic acids is 2. The topological polar surface area (TPSA) is 124 Å². The van der Waals surface area contributed by atoms with Crippen molar-refractivity contribution in [2.24, 2.45) is 0 Å². The van der Waals surface area contributed by atoms with Gasteiger partial charge in [-0.25, -0.2) is 0 Å². The average molecular weight is 794 g/mol. The fourth-order valence-electron chi connectivity index (χ4n) is 5.54. The first kappa shape index (κ1) is 50.7. The third-order valence-electron chi connectivity index (χ3n) is 8.97. The third-order valence-corrected chi connectivity index (χ3v) is 9.93. The molecule has 0 aromatic heterocycles. The number of hydrogen-bond acceptors (Lipinski definition) is 9. The molecule has 316 valence electrons. The highest BCUT2D eigenvalue weighted by Gasteiger charge is 2.35. The summed E-state index contributed by atoms with van der Waals surface area (Å²) >= 11 is 0. The van der Waals surface area contributed by atoms with Gasteiger partial charge in [0, 0.05) is 12.8 Å². The normalized spacial score (nSPS) is 17.9. The number of nitrogens with zero attached hydrogens (tertiary/aromatic N) is 1. The molecule has 1 aliphatic rings. The van der Waals surface area contributed by atoms with Crippen LogP contribution in [0.4, 0.5) is 0 Å². The molecule has 1 saturated heterocycles. The summed E-state index contributed by atoms with van der Waals surface area (Å²) in [5, 5.41) is 0. The Morgan fingerprint density at radius 3 is 1.76 bits per heavy atom. The molecule has 4 unspecified atom stereocenters. The van der Waals surface area contributed by atoms with E-state index in [2.05, 4.69) is 62.5 Å². The second-order valence-corrected chi connectivity index (χ2v) is 16.8. The van der Waals surface area contributed by atoms with Crippen molar-refractivity contribution in [2.45, 2.75) is 161 Å². The molecule has 0 saturated carbocycles. The van der Waals surface area contributed by atoms with Crippen molar-refractivity contribution >= 4 is 19.8 Å². The number of unbranched alkanes of at least 4 members (excludes halogenated alkanes) is 10. The maximum absolute atomic E-state index is 12.6. The van der Waals surface area contributed by atoms with Crippen molar-refractivity contribution in [1.29, 1.82) is 0 Å². The average Bonchev–Trinajstić information content (AvgIpc) is 3.89. The number of phosphoric acid groups is 1. The van der Waals surface area contributed by atoms with Crippen molar-refractivity contribution in [1.82, 2.24) is 0 Å².